The quantitative estimate of drug-likeness (QED) is 0.0996. The Kier molecular flexibility index (Phi) is 14.2. The van der Waals surface area contributed by atoms with Crippen molar-refractivity contribution in [3.8, 4) is 0 Å². The van der Waals surface area contributed by atoms with Crippen LogP contribution in [0.15, 0.2) is 133 Å². The van der Waals surface area contributed by atoms with Gasteiger partial charge in [0.2, 0.25) is 0 Å². The smallest absolute Gasteiger partial charge is 0.0620 e. The first-order valence-electron chi connectivity index (χ1n) is 29.0. The van der Waals surface area contributed by atoms with E-state index in [1.54, 1.807) is 0 Å². The minimum absolute atomic E-state index is 0.0541. The van der Waals surface area contributed by atoms with Gasteiger partial charge in [0.1, 0.15) is 0 Å². The lowest BCUT2D eigenvalue weighted by molar-refractivity contribution is 0.443. The van der Waals surface area contributed by atoms with Crippen LogP contribution in [0.4, 0.5) is 34.1 Å². The Labute approximate surface area is 434 Å². The molecule has 0 saturated heterocycles. The zero-order valence-corrected chi connectivity index (χ0v) is 45.0. The molecule has 7 aromatic carbocycles. The van der Waals surface area contributed by atoms with Gasteiger partial charge in [-0.3, -0.25) is 0 Å². The molecule has 0 aliphatic heterocycles. The highest BCUT2D eigenvalue weighted by Gasteiger charge is 2.30. The second-order valence-corrected chi connectivity index (χ2v) is 25.1. The summed E-state index contributed by atoms with van der Waals surface area (Å²) < 4.78 is 0. The number of hydrogen-bond donors (Lipinski definition) is 0. The van der Waals surface area contributed by atoms with E-state index in [2.05, 4.69) is 185 Å². The fourth-order valence-electron chi connectivity index (χ4n) is 13.8. The van der Waals surface area contributed by atoms with Gasteiger partial charge >= 0.3 is 0 Å². The molecule has 0 heterocycles. The van der Waals surface area contributed by atoms with E-state index in [0.29, 0.717) is 23.7 Å². The maximum atomic E-state index is 2.70. The Morgan fingerprint density at radius 2 is 0.597 bits per heavy atom. The monoisotopic (exact) mass is 953 g/mol. The van der Waals surface area contributed by atoms with Gasteiger partial charge in [-0.05, 0) is 180 Å². The van der Waals surface area contributed by atoms with Gasteiger partial charge in [-0.2, -0.15) is 0 Å². The third-order valence-electron chi connectivity index (χ3n) is 18.1. The standard InChI is InChI=1S/C70H84N2/c1-69(2,3)57-35-39-59(40-36-57)71(61-31-19-29-53(45-61)49-21-11-7-12-22-49)67-63-43-33-56(52-27-17-10-18-28-52)48-66(63)68(64-44-34-55(47-65(64)67)51-25-15-9-16-26-51)72(60-41-37-58(38-42-60)70(4,5)6)62-32-20-30-54(46-62)50-23-13-8-14-24-50/h19-20,29-52H,7-18,21-28H2,1-6H3. The molecule has 4 aliphatic rings. The van der Waals surface area contributed by atoms with Gasteiger partial charge in [-0.25, -0.2) is 0 Å². The minimum atomic E-state index is 0.0541. The summed E-state index contributed by atoms with van der Waals surface area (Å²) in [7, 11) is 0. The van der Waals surface area contributed by atoms with Crippen molar-refractivity contribution >= 4 is 55.7 Å². The molecule has 0 spiro atoms. The SMILES string of the molecule is CC(C)(C)c1ccc(N(c2cccc(C3CCCCC3)c2)c2c3ccc(C4CCCCC4)cc3c(N(c3ccc(C(C)(C)C)cc3)c3cccc(C4CCCCC4)c3)c3ccc(C4CCCCC4)cc23)cc1. The maximum absolute atomic E-state index is 2.70. The van der Waals surface area contributed by atoms with Gasteiger partial charge in [0.05, 0.1) is 11.4 Å². The fraction of sp³-hybridized carbons (Fsp3) is 0.457. The molecule has 4 saturated carbocycles. The van der Waals surface area contributed by atoms with E-state index in [1.807, 2.05) is 0 Å². The molecule has 11 rings (SSSR count). The normalized spacial score (nSPS) is 18.2. The van der Waals surface area contributed by atoms with Gasteiger partial charge in [0.25, 0.3) is 0 Å². The van der Waals surface area contributed by atoms with Crippen molar-refractivity contribution in [1.82, 2.24) is 0 Å². The second-order valence-electron chi connectivity index (χ2n) is 25.1. The van der Waals surface area contributed by atoms with Gasteiger partial charge < -0.3 is 9.80 Å². The van der Waals surface area contributed by atoms with E-state index < -0.39 is 0 Å². The van der Waals surface area contributed by atoms with Crippen LogP contribution in [0.5, 0.6) is 0 Å². The summed E-state index contributed by atoms with van der Waals surface area (Å²) in [4.78, 5) is 5.40. The Morgan fingerprint density at radius 3 is 0.903 bits per heavy atom. The minimum Gasteiger partial charge on any atom is -0.309 e. The van der Waals surface area contributed by atoms with Crippen molar-refractivity contribution in [3.05, 3.63) is 167 Å². The van der Waals surface area contributed by atoms with Crippen LogP contribution in [0.25, 0.3) is 21.5 Å². The first kappa shape index (κ1) is 48.9. The molecule has 374 valence electrons. The van der Waals surface area contributed by atoms with Crippen molar-refractivity contribution < 1.29 is 0 Å². The Balaban J connectivity index is 1.24. The third-order valence-corrected chi connectivity index (χ3v) is 18.1. The van der Waals surface area contributed by atoms with Crippen LogP contribution < -0.4 is 9.80 Å². The molecular formula is C70H84N2. The zero-order valence-electron chi connectivity index (χ0n) is 45.0. The van der Waals surface area contributed by atoms with Crippen LogP contribution in [0.3, 0.4) is 0 Å². The van der Waals surface area contributed by atoms with E-state index in [1.165, 1.54) is 217 Å². The lowest BCUT2D eigenvalue weighted by atomic mass is 9.81. The number of fused-ring (bicyclic) bond motifs is 2. The molecule has 0 radical (unpaired) electrons. The molecule has 2 nitrogen and oxygen atoms in total. The molecule has 0 aromatic heterocycles. The molecule has 0 atom stereocenters. The number of nitrogens with zero attached hydrogens (tertiary/aromatic N) is 2. The molecule has 0 amide bonds. The van der Waals surface area contributed by atoms with Crippen LogP contribution in [0.2, 0.25) is 0 Å². The van der Waals surface area contributed by atoms with Crippen molar-refractivity contribution in [2.75, 3.05) is 9.80 Å². The lowest BCUT2D eigenvalue weighted by Gasteiger charge is -2.35. The number of benzene rings is 7. The molecule has 0 unspecified atom stereocenters. The van der Waals surface area contributed by atoms with Crippen molar-refractivity contribution in [3.63, 3.8) is 0 Å². The van der Waals surface area contributed by atoms with Crippen LogP contribution in [0.1, 0.15) is 227 Å². The zero-order chi connectivity index (χ0) is 49.4. The van der Waals surface area contributed by atoms with Crippen molar-refractivity contribution in [1.29, 1.82) is 0 Å². The van der Waals surface area contributed by atoms with E-state index in [9.17, 15) is 0 Å². The Bertz CT molecular complexity index is 2750. The lowest BCUT2D eigenvalue weighted by Crippen LogP contribution is -2.17. The van der Waals surface area contributed by atoms with Gasteiger partial charge in [0.15, 0.2) is 0 Å². The summed E-state index contributed by atoms with van der Waals surface area (Å²) in [5.41, 5.74) is 16.5. The highest BCUT2D eigenvalue weighted by Crippen LogP contribution is 2.54. The van der Waals surface area contributed by atoms with Gasteiger partial charge in [0, 0.05) is 44.3 Å². The van der Waals surface area contributed by atoms with E-state index in [4.69, 9.17) is 0 Å². The van der Waals surface area contributed by atoms with E-state index in [0.717, 1.165) is 0 Å². The number of rotatable bonds is 10. The predicted octanol–water partition coefficient (Wildman–Crippen LogP) is 21.7. The molecule has 7 aromatic rings. The average molecular weight is 953 g/mol. The molecular weight excluding hydrogens is 869 g/mol. The summed E-state index contributed by atoms with van der Waals surface area (Å²) >= 11 is 0. The third kappa shape index (κ3) is 10.2. The van der Waals surface area contributed by atoms with E-state index in [-0.39, 0.29) is 10.8 Å². The summed E-state index contributed by atoms with van der Waals surface area (Å²) in [5.74, 6) is 2.37. The van der Waals surface area contributed by atoms with E-state index >= 15 is 0 Å². The molecule has 0 N–H and O–H groups in total. The van der Waals surface area contributed by atoms with Crippen LogP contribution in [0, 0.1) is 0 Å². The maximum Gasteiger partial charge on any atom is 0.0620 e. The molecule has 72 heavy (non-hydrogen) atoms. The molecule has 0 bridgehead atoms. The number of hydrogen-bond acceptors (Lipinski definition) is 2. The summed E-state index contributed by atoms with van der Waals surface area (Å²) in [6, 6.07) is 54.5. The van der Waals surface area contributed by atoms with Crippen LogP contribution >= 0.6 is 0 Å². The predicted molar refractivity (Wildman–Crippen MR) is 312 cm³/mol. The summed E-state index contributed by atoms with van der Waals surface area (Å²) in [5, 5.41) is 5.38. The van der Waals surface area contributed by atoms with Gasteiger partial charge in [-0.15, -0.1) is 0 Å². The van der Waals surface area contributed by atoms with Gasteiger partial charge in [-0.1, -0.05) is 191 Å². The summed E-state index contributed by atoms with van der Waals surface area (Å²) in [6.45, 7) is 14.1. The highest BCUT2D eigenvalue weighted by molar-refractivity contribution is 6.23. The van der Waals surface area contributed by atoms with Crippen molar-refractivity contribution in [2.45, 2.75) is 204 Å². The largest absolute Gasteiger partial charge is 0.309 e. The summed E-state index contributed by atoms with van der Waals surface area (Å²) in [6.07, 6.45) is 26.2. The number of anilines is 6. The second kappa shape index (κ2) is 20.9. The fourth-order valence-corrected chi connectivity index (χ4v) is 13.8. The first-order chi connectivity index (χ1) is 35.0. The first-order valence-corrected chi connectivity index (χ1v) is 29.0. The Morgan fingerprint density at radius 1 is 0.292 bits per heavy atom. The van der Waals surface area contributed by atoms with Crippen molar-refractivity contribution in [2.24, 2.45) is 0 Å². The molecule has 2 heteroatoms. The van der Waals surface area contributed by atoms with Crippen LogP contribution in [-0.4, -0.2) is 0 Å². The topological polar surface area (TPSA) is 6.48 Å². The average Bonchev–Trinajstić information content (AvgIpc) is 3.42. The highest BCUT2D eigenvalue weighted by atomic mass is 15.2. The molecule has 4 aliphatic carbocycles. The van der Waals surface area contributed by atoms with Crippen LogP contribution in [-0.2, 0) is 10.8 Å². The molecule has 4 fully saturated rings. The Hall–Kier alpha value is -5.34.